The molecule has 0 saturated heterocycles. The van der Waals surface area contributed by atoms with Crippen molar-refractivity contribution in [1.82, 2.24) is 5.32 Å². The largest absolute Gasteiger partial charge is 0.346 e. The lowest BCUT2D eigenvalue weighted by atomic mass is 10.2. The van der Waals surface area contributed by atoms with Gasteiger partial charge in [0, 0.05) is 10.5 Å². The van der Waals surface area contributed by atoms with Crippen molar-refractivity contribution in [2.45, 2.75) is 12.8 Å². The highest BCUT2D eigenvalue weighted by Crippen LogP contribution is 2.22. The van der Waals surface area contributed by atoms with Crippen molar-refractivity contribution >= 4 is 40.1 Å². The fourth-order valence-corrected chi connectivity index (χ4v) is 1.79. The Labute approximate surface area is 110 Å². The minimum Gasteiger partial charge on any atom is -0.346 e. The molecule has 0 unspecified atom stereocenters. The molecule has 0 spiro atoms. The molecule has 0 aliphatic rings. The molecule has 0 aromatic heterocycles. The van der Waals surface area contributed by atoms with Crippen LogP contribution in [0.15, 0.2) is 18.2 Å². The summed E-state index contributed by atoms with van der Waals surface area (Å²) in [6, 6.07) is 4.77. The molecule has 0 aliphatic heterocycles. The van der Waals surface area contributed by atoms with E-state index in [0.717, 1.165) is 6.92 Å². The first-order chi connectivity index (χ1) is 7.31. The average molecular weight is 360 g/mol. The highest BCUT2D eigenvalue weighted by molar-refractivity contribution is 14.1. The second kappa shape index (κ2) is 5.27. The van der Waals surface area contributed by atoms with Gasteiger partial charge in [0.2, 0.25) is 0 Å². The first kappa shape index (κ1) is 13.6. The van der Waals surface area contributed by atoms with Gasteiger partial charge in [-0.2, -0.15) is 0 Å². The smallest absolute Gasteiger partial charge is 0.262 e. The van der Waals surface area contributed by atoms with Gasteiger partial charge in [-0.05, 0) is 34.7 Å². The Balaban J connectivity index is 2.78. The number of hydrogen-bond acceptors (Lipinski definition) is 1. The summed E-state index contributed by atoms with van der Waals surface area (Å²) in [6.07, 6.45) is 0. The number of amides is 1. The fourth-order valence-electron chi connectivity index (χ4n) is 1.01. The van der Waals surface area contributed by atoms with Crippen LogP contribution in [0.5, 0.6) is 0 Å². The summed E-state index contributed by atoms with van der Waals surface area (Å²) < 4.78 is 25.6. The van der Waals surface area contributed by atoms with Crippen molar-refractivity contribution < 1.29 is 13.6 Å². The highest BCUT2D eigenvalue weighted by Gasteiger charge is 2.22. The van der Waals surface area contributed by atoms with Crippen molar-refractivity contribution in [3.05, 3.63) is 32.4 Å². The molecule has 0 fully saturated rings. The Kier molecular flexibility index (Phi) is 4.49. The summed E-state index contributed by atoms with van der Waals surface area (Å²) in [5.41, 5.74) is 0.303. The predicted octanol–water partition coefficient (Wildman–Crippen LogP) is 3.33. The predicted molar refractivity (Wildman–Crippen MR) is 67.1 cm³/mol. The lowest BCUT2D eigenvalue weighted by Crippen LogP contribution is -2.34. The molecule has 0 aliphatic carbocycles. The molecular formula is C10H9ClF2INO. The summed E-state index contributed by atoms with van der Waals surface area (Å²) in [7, 11) is 0. The second-order valence-electron chi connectivity index (χ2n) is 3.35. The Hall–Kier alpha value is -0.430. The molecule has 1 rings (SSSR count). The van der Waals surface area contributed by atoms with Crippen LogP contribution in [0.3, 0.4) is 0 Å². The number of rotatable bonds is 3. The molecule has 2 nitrogen and oxygen atoms in total. The van der Waals surface area contributed by atoms with Crippen LogP contribution in [0.1, 0.15) is 17.3 Å². The van der Waals surface area contributed by atoms with Gasteiger partial charge >= 0.3 is 0 Å². The monoisotopic (exact) mass is 359 g/mol. The summed E-state index contributed by atoms with van der Waals surface area (Å²) in [6.45, 7) is 0.0602. The number of hydrogen-bond donors (Lipinski definition) is 1. The fraction of sp³-hybridized carbons (Fsp3) is 0.300. The van der Waals surface area contributed by atoms with Gasteiger partial charge in [-0.3, -0.25) is 4.79 Å². The minimum atomic E-state index is -2.92. The second-order valence-corrected chi connectivity index (χ2v) is 4.84. The average Bonchev–Trinajstić information content (AvgIpc) is 2.17. The Morgan fingerprint density at radius 1 is 1.56 bits per heavy atom. The SMILES string of the molecule is CC(F)(F)CNC(=O)c1cccc(Cl)c1I. The van der Waals surface area contributed by atoms with Crippen molar-refractivity contribution in [2.24, 2.45) is 0 Å². The Morgan fingerprint density at radius 3 is 2.75 bits per heavy atom. The molecule has 6 heteroatoms. The number of benzene rings is 1. The van der Waals surface area contributed by atoms with Crippen molar-refractivity contribution in [1.29, 1.82) is 0 Å². The van der Waals surface area contributed by atoms with Gasteiger partial charge in [0.15, 0.2) is 0 Å². The molecule has 0 heterocycles. The van der Waals surface area contributed by atoms with Crippen LogP contribution in [0.25, 0.3) is 0 Å². The van der Waals surface area contributed by atoms with Gasteiger partial charge in [0.25, 0.3) is 11.8 Å². The first-order valence-corrected chi connectivity index (χ1v) is 5.87. The number of halogens is 4. The molecule has 1 aromatic carbocycles. The lowest BCUT2D eigenvalue weighted by Gasteiger charge is -2.12. The van der Waals surface area contributed by atoms with E-state index >= 15 is 0 Å². The topological polar surface area (TPSA) is 29.1 Å². The highest BCUT2D eigenvalue weighted by atomic mass is 127. The molecule has 0 bridgehead atoms. The van der Waals surface area contributed by atoms with Crippen molar-refractivity contribution in [3.63, 3.8) is 0 Å². The van der Waals surface area contributed by atoms with Crippen LogP contribution in [0.2, 0.25) is 5.02 Å². The van der Waals surface area contributed by atoms with E-state index in [1.54, 1.807) is 12.1 Å². The van der Waals surface area contributed by atoms with Crippen LogP contribution in [0.4, 0.5) is 8.78 Å². The van der Waals surface area contributed by atoms with Gasteiger partial charge < -0.3 is 5.32 Å². The molecule has 88 valence electrons. The molecule has 16 heavy (non-hydrogen) atoms. The van der Waals surface area contributed by atoms with Gasteiger partial charge in [0.05, 0.1) is 17.1 Å². The van der Waals surface area contributed by atoms with Crippen molar-refractivity contribution in [2.75, 3.05) is 6.54 Å². The van der Waals surface area contributed by atoms with Crippen molar-refractivity contribution in [3.8, 4) is 0 Å². The van der Waals surface area contributed by atoms with E-state index in [2.05, 4.69) is 5.32 Å². The van der Waals surface area contributed by atoms with E-state index in [1.807, 2.05) is 22.6 Å². The molecule has 0 atom stereocenters. The van der Waals surface area contributed by atoms with Crippen LogP contribution < -0.4 is 5.32 Å². The summed E-state index contributed by atoms with van der Waals surface area (Å²) in [5.74, 6) is -3.46. The van der Waals surface area contributed by atoms with Crippen LogP contribution in [-0.2, 0) is 0 Å². The third kappa shape index (κ3) is 3.86. The molecular weight excluding hydrogens is 350 g/mol. The first-order valence-electron chi connectivity index (χ1n) is 4.41. The number of carbonyl (C=O) groups excluding carboxylic acids is 1. The van der Waals surface area contributed by atoms with E-state index in [4.69, 9.17) is 11.6 Å². The minimum absolute atomic E-state index is 0.303. The molecule has 1 N–H and O–H groups in total. The van der Waals surface area contributed by atoms with E-state index < -0.39 is 18.4 Å². The van der Waals surface area contributed by atoms with Gasteiger partial charge in [-0.25, -0.2) is 8.78 Å². The summed E-state index contributed by atoms with van der Waals surface area (Å²) in [4.78, 5) is 11.6. The van der Waals surface area contributed by atoms with E-state index in [0.29, 0.717) is 14.2 Å². The van der Waals surface area contributed by atoms with E-state index in [9.17, 15) is 13.6 Å². The number of nitrogens with one attached hydrogen (secondary N) is 1. The third-order valence-electron chi connectivity index (χ3n) is 1.76. The van der Waals surface area contributed by atoms with E-state index in [-0.39, 0.29) is 0 Å². The van der Waals surface area contributed by atoms with Crippen LogP contribution in [0, 0.1) is 3.57 Å². The zero-order valence-corrected chi connectivity index (χ0v) is 11.3. The van der Waals surface area contributed by atoms with Gasteiger partial charge in [0.1, 0.15) is 0 Å². The van der Waals surface area contributed by atoms with E-state index in [1.165, 1.54) is 6.07 Å². The standard InChI is InChI=1S/C10H9ClF2INO/c1-10(12,13)5-15-9(16)6-3-2-4-7(11)8(6)14/h2-4H,5H2,1H3,(H,15,16). The third-order valence-corrected chi connectivity index (χ3v) is 3.55. The normalized spacial score (nSPS) is 11.3. The molecule has 1 aromatic rings. The molecule has 0 saturated carbocycles. The Morgan fingerprint density at radius 2 is 2.19 bits per heavy atom. The molecule has 1 amide bonds. The number of alkyl halides is 2. The van der Waals surface area contributed by atoms with Crippen LogP contribution >= 0.6 is 34.2 Å². The zero-order valence-electron chi connectivity index (χ0n) is 8.36. The quantitative estimate of drug-likeness (QED) is 0.824. The maximum Gasteiger partial charge on any atom is 0.262 e. The maximum absolute atomic E-state index is 12.5. The van der Waals surface area contributed by atoms with Crippen LogP contribution in [-0.4, -0.2) is 18.4 Å². The summed E-state index contributed by atoms with van der Waals surface area (Å²) >= 11 is 7.71. The summed E-state index contributed by atoms with van der Waals surface area (Å²) in [5, 5.41) is 2.58. The van der Waals surface area contributed by atoms with Gasteiger partial charge in [-0.1, -0.05) is 17.7 Å². The number of carbonyl (C=O) groups is 1. The molecule has 0 radical (unpaired) electrons. The zero-order chi connectivity index (χ0) is 12.3. The maximum atomic E-state index is 12.5. The Bertz CT molecular complexity index is 406. The van der Waals surface area contributed by atoms with Gasteiger partial charge in [-0.15, -0.1) is 0 Å². The lowest BCUT2D eigenvalue weighted by molar-refractivity contribution is 0.0221.